The molecule has 1 aliphatic rings. The van der Waals surface area contributed by atoms with Crippen molar-refractivity contribution < 1.29 is 4.79 Å². The molecule has 0 unspecified atom stereocenters. The summed E-state index contributed by atoms with van der Waals surface area (Å²) in [6.07, 6.45) is 10.6. The zero-order valence-corrected chi connectivity index (χ0v) is 15.5. The van der Waals surface area contributed by atoms with Gasteiger partial charge in [0.2, 0.25) is 0 Å². The Morgan fingerprint density at radius 2 is 2.12 bits per heavy atom. The highest BCUT2D eigenvalue weighted by Crippen LogP contribution is 2.33. The minimum atomic E-state index is -0.0121. The number of aryl methyl sites for hydroxylation is 1. The molecule has 1 atom stereocenters. The van der Waals surface area contributed by atoms with Crippen molar-refractivity contribution in [3.63, 3.8) is 0 Å². The number of hydrogen-bond acceptors (Lipinski definition) is 4. The lowest BCUT2D eigenvalue weighted by Gasteiger charge is -2.35. The molecule has 26 heavy (non-hydrogen) atoms. The average Bonchev–Trinajstić information content (AvgIpc) is 3.28. The molecule has 0 bridgehead atoms. The average molecular weight is 352 g/mol. The van der Waals surface area contributed by atoms with E-state index in [1.165, 1.54) is 0 Å². The Hall–Kier alpha value is -2.83. The molecule has 1 saturated heterocycles. The van der Waals surface area contributed by atoms with Gasteiger partial charge in [-0.2, -0.15) is 5.10 Å². The SMILES string of the molecule is CN(C)c1nc([C@H]2CCCCN2C(=O)c2cnn(C)c2)cn2cccc12. The van der Waals surface area contributed by atoms with Crippen molar-refractivity contribution in [2.75, 3.05) is 25.5 Å². The number of carbonyl (C=O) groups is 1. The summed E-state index contributed by atoms with van der Waals surface area (Å²) in [6, 6.07) is 4.07. The van der Waals surface area contributed by atoms with Crippen LogP contribution in [0.5, 0.6) is 0 Å². The van der Waals surface area contributed by atoms with Crippen molar-refractivity contribution >= 4 is 17.2 Å². The third kappa shape index (κ3) is 2.83. The minimum absolute atomic E-state index is 0.0121. The second kappa shape index (κ2) is 6.48. The van der Waals surface area contributed by atoms with Crippen molar-refractivity contribution in [1.82, 2.24) is 24.1 Å². The van der Waals surface area contributed by atoms with Gasteiger partial charge >= 0.3 is 0 Å². The quantitative estimate of drug-likeness (QED) is 0.727. The molecule has 4 heterocycles. The van der Waals surface area contributed by atoms with E-state index in [1.54, 1.807) is 17.1 Å². The van der Waals surface area contributed by atoms with E-state index in [4.69, 9.17) is 4.98 Å². The molecule has 1 aliphatic heterocycles. The van der Waals surface area contributed by atoms with Crippen LogP contribution in [0, 0.1) is 0 Å². The Labute approximate surface area is 152 Å². The van der Waals surface area contributed by atoms with Gasteiger partial charge in [0, 0.05) is 46.3 Å². The molecular formula is C19H24N6O. The molecule has 0 N–H and O–H groups in total. The van der Waals surface area contributed by atoms with E-state index in [2.05, 4.69) is 21.8 Å². The van der Waals surface area contributed by atoms with Crippen LogP contribution < -0.4 is 4.90 Å². The topological polar surface area (TPSA) is 58.7 Å². The second-order valence-corrected chi connectivity index (χ2v) is 7.10. The van der Waals surface area contributed by atoms with Crippen LogP contribution in [0.15, 0.2) is 36.9 Å². The highest BCUT2D eigenvalue weighted by atomic mass is 16.2. The van der Waals surface area contributed by atoms with Gasteiger partial charge in [-0.1, -0.05) is 0 Å². The number of nitrogens with zero attached hydrogens (tertiary/aromatic N) is 6. The molecule has 0 saturated carbocycles. The number of aromatic nitrogens is 4. The summed E-state index contributed by atoms with van der Waals surface area (Å²) in [7, 11) is 5.83. The Kier molecular flexibility index (Phi) is 4.14. The molecule has 0 aliphatic carbocycles. The van der Waals surface area contributed by atoms with E-state index in [0.717, 1.165) is 42.8 Å². The fourth-order valence-electron chi connectivity index (χ4n) is 3.72. The summed E-state index contributed by atoms with van der Waals surface area (Å²) >= 11 is 0. The standard InChI is InChI=1S/C19H24N6O/c1-22(2)18-17-8-6-9-24(17)13-15(21-18)16-7-4-5-10-25(16)19(26)14-11-20-23(3)12-14/h6,8-9,11-13,16H,4-5,7,10H2,1-3H3/t16-/m1/s1. The Bertz CT molecular complexity index is 941. The first-order valence-corrected chi connectivity index (χ1v) is 8.99. The number of fused-ring (bicyclic) bond motifs is 1. The summed E-state index contributed by atoms with van der Waals surface area (Å²) in [4.78, 5) is 22.0. The van der Waals surface area contributed by atoms with Gasteiger partial charge in [0.25, 0.3) is 5.91 Å². The van der Waals surface area contributed by atoms with E-state index >= 15 is 0 Å². The summed E-state index contributed by atoms with van der Waals surface area (Å²) in [6.45, 7) is 0.751. The number of rotatable bonds is 3. The maximum absolute atomic E-state index is 13.1. The van der Waals surface area contributed by atoms with Crippen LogP contribution in [0.2, 0.25) is 0 Å². The van der Waals surface area contributed by atoms with E-state index in [9.17, 15) is 4.79 Å². The van der Waals surface area contributed by atoms with Crippen LogP contribution in [-0.2, 0) is 7.05 Å². The third-order valence-corrected chi connectivity index (χ3v) is 4.99. The number of piperidine rings is 1. The third-order valence-electron chi connectivity index (χ3n) is 4.99. The molecule has 136 valence electrons. The van der Waals surface area contributed by atoms with Gasteiger partial charge in [0.1, 0.15) is 0 Å². The van der Waals surface area contributed by atoms with Gasteiger partial charge in [-0.05, 0) is 31.4 Å². The highest BCUT2D eigenvalue weighted by Gasteiger charge is 2.31. The minimum Gasteiger partial charge on any atom is -0.361 e. The molecule has 3 aromatic heterocycles. The summed E-state index contributed by atoms with van der Waals surface area (Å²) in [5.41, 5.74) is 2.64. The summed E-state index contributed by atoms with van der Waals surface area (Å²) in [5, 5.41) is 4.14. The largest absolute Gasteiger partial charge is 0.361 e. The lowest BCUT2D eigenvalue weighted by atomic mass is 9.98. The number of hydrogen-bond donors (Lipinski definition) is 0. The first kappa shape index (κ1) is 16.6. The molecule has 0 aromatic carbocycles. The van der Waals surface area contributed by atoms with Gasteiger partial charge in [-0.25, -0.2) is 4.98 Å². The van der Waals surface area contributed by atoms with Crippen LogP contribution in [0.3, 0.4) is 0 Å². The van der Waals surface area contributed by atoms with Crippen LogP contribution in [0.1, 0.15) is 41.4 Å². The Morgan fingerprint density at radius 3 is 2.85 bits per heavy atom. The maximum Gasteiger partial charge on any atom is 0.257 e. The first-order valence-electron chi connectivity index (χ1n) is 8.99. The zero-order chi connectivity index (χ0) is 18.3. The van der Waals surface area contributed by atoms with Gasteiger partial charge in [0.15, 0.2) is 5.82 Å². The molecule has 0 spiro atoms. The van der Waals surface area contributed by atoms with E-state index in [1.807, 2.05) is 43.2 Å². The normalized spacial score (nSPS) is 17.7. The van der Waals surface area contributed by atoms with Crippen LogP contribution in [0.4, 0.5) is 5.82 Å². The van der Waals surface area contributed by atoms with E-state index in [-0.39, 0.29) is 11.9 Å². The molecule has 1 amide bonds. The van der Waals surface area contributed by atoms with E-state index < -0.39 is 0 Å². The molecule has 1 fully saturated rings. The van der Waals surface area contributed by atoms with Crippen molar-refractivity contribution in [1.29, 1.82) is 0 Å². The van der Waals surface area contributed by atoms with Crippen molar-refractivity contribution in [3.8, 4) is 0 Å². The van der Waals surface area contributed by atoms with Crippen LogP contribution in [0.25, 0.3) is 5.52 Å². The van der Waals surface area contributed by atoms with Gasteiger partial charge in [-0.15, -0.1) is 0 Å². The van der Waals surface area contributed by atoms with E-state index in [0.29, 0.717) is 5.56 Å². The number of carbonyl (C=O) groups excluding carboxylic acids is 1. The number of amides is 1. The number of anilines is 1. The van der Waals surface area contributed by atoms with Crippen LogP contribution >= 0.6 is 0 Å². The van der Waals surface area contributed by atoms with Gasteiger partial charge in [-0.3, -0.25) is 9.48 Å². The first-order chi connectivity index (χ1) is 12.5. The predicted molar refractivity (Wildman–Crippen MR) is 100 cm³/mol. The smallest absolute Gasteiger partial charge is 0.257 e. The van der Waals surface area contributed by atoms with Crippen molar-refractivity contribution in [3.05, 3.63) is 48.2 Å². The van der Waals surface area contributed by atoms with Crippen molar-refractivity contribution in [2.45, 2.75) is 25.3 Å². The van der Waals surface area contributed by atoms with Gasteiger partial charge < -0.3 is 14.2 Å². The molecular weight excluding hydrogens is 328 g/mol. The maximum atomic E-state index is 13.1. The molecule has 7 heteroatoms. The Morgan fingerprint density at radius 1 is 1.27 bits per heavy atom. The van der Waals surface area contributed by atoms with Crippen molar-refractivity contribution in [2.24, 2.45) is 7.05 Å². The molecule has 0 radical (unpaired) electrons. The molecule has 4 rings (SSSR count). The predicted octanol–water partition coefficient (Wildman–Crippen LogP) is 2.50. The molecule has 7 nitrogen and oxygen atoms in total. The summed E-state index contributed by atoms with van der Waals surface area (Å²) in [5.74, 6) is 0.954. The second-order valence-electron chi connectivity index (χ2n) is 7.10. The fourth-order valence-corrected chi connectivity index (χ4v) is 3.72. The summed E-state index contributed by atoms with van der Waals surface area (Å²) < 4.78 is 3.76. The lowest BCUT2D eigenvalue weighted by molar-refractivity contribution is 0.0605. The zero-order valence-electron chi connectivity index (χ0n) is 15.5. The lowest BCUT2D eigenvalue weighted by Crippen LogP contribution is -2.39. The monoisotopic (exact) mass is 352 g/mol. The van der Waals surface area contributed by atoms with Gasteiger partial charge in [0.05, 0.1) is 29.0 Å². The van der Waals surface area contributed by atoms with Crippen LogP contribution in [-0.4, -0.2) is 50.6 Å². The number of likely N-dealkylation sites (tertiary alicyclic amines) is 1. The Balaban J connectivity index is 1.74. The fraction of sp³-hybridized carbons (Fsp3) is 0.421. The molecule has 3 aromatic rings. The highest BCUT2D eigenvalue weighted by molar-refractivity contribution is 5.94.